The van der Waals surface area contributed by atoms with Crippen molar-refractivity contribution in [2.75, 3.05) is 0 Å². The Balaban J connectivity index is 3.18. The summed E-state index contributed by atoms with van der Waals surface area (Å²) in [6.45, 7) is 6.68. The van der Waals surface area contributed by atoms with Gasteiger partial charge in [0.15, 0.2) is 0 Å². The minimum atomic E-state index is 0.240. The molecule has 0 N–H and O–H groups in total. The number of hydrogen-bond acceptors (Lipinski definition) is 0. The van der Waals surface area contributed by atoms with E-state index in [0.29, 0.717) is 0 Å². The lowest BCUT2D eigenvalue weighted by atomic mass is 9.87. The van der Waals surface area contributed by atoms with Crippen molar-refractivity contribution in [3.8, 4) is 0 Å². The summed E-state index contributed by atoms with van der Waals surface area (Å²) < 4.78 is 2.45. The molecule has 0 nitrogen and oxygen atoms in total. The van der Waals surface area contributed by atoms with Crippen LogP contribution in [-0.4, -0.2) is 0 Å². The minimum absolute atomic E-state index is 0.240. The van der Waals surface area contributed by atoms with Gasteiger partial charge in [0.05, 0.1) is 0 Å². The van der Waals surface area contributed by atoms with Gasteiger partial charge in [-0.15, -0.1) is 0 Å². The van der Waals surface area contributed by atoms with Gasteiger partial charge in [0.2, 0.25) is 0 Å². The molecule has 1 aromatic rings. The van der Waals surface area contributed by atoms with Crippen molar-refractivity contribution in [3.05, 3.63) is 31.8 Å². The summed E-state index contributed by atoms with van der Waals surface area (Å²) in [6, 6.07) is 6.53. The summed E-state index contributed by atoms with van der Waals surface area (Å²) >= 11 is 5.84. The van der Waals surface area contributed by atoms with Crippen molar-refractivity contribution in [1.29, 1.82) is 0 Å². The first kappa shape index (κ1) is 10.5. The second kappa shape index (κ2) is 3.66. The third-order valence-corrected chi connectivity index (χ3v) is 2.81. The average molecular weight is 339 g/mol. The van der Waals surface area contributed by atoms with E-state index in [1.54, 1.807) is 0 Å². The molecule has 66 valence electrons. The van der Waals surface area contributed by atoms with Gasteiger partial charge in [-0.05, 0) is 51.8 Å². The Morgan fingerprint density at radius 1 is 1.17 bits per heavy atom. The van der Waals surface area contributed by atoms with Crippen molar-refractivity contribution in [3.63, 3.8) is 0 Å². The van der Waals surface area contributed by atoms with Crippen LogP contribution in [0.5, 0.6) is 0 Å². The maximum atomic E-state index is 3.50. The van der Waals surface area contributed by atoms with Crippen LogP contribution in [0.2, 0.25) is 0 Å². The lowest BCUT2D eigenvalue weighted by molar-refractivity contribution is 0.589. The smallest absolute Gasteiger partial charge is 0.0188 e. The predicted molar refractivity (Wildman–Crippen MR) is 65.6 cm³/mol. The van der Waals surface area contributed by atoms with Crippen LogP contribution < -0.4 is 0 Å². The number of halogens is 2. The molecular weight excluding hydrogens is 327 g/mol. The van der Waals surface area contributed by atoms with Gasteiger partial charge in [-0.25, -0.2) is 0 Å². The highest BCUT2D eigenvalue weighted by molar-refractivity contribution is 14.1. The molecule has 0 aliphatic carbocycles. The normalized spacial score (nSPS) is 11.8. The van der Waals surface area contributed by atoms with Gasteiger partial charge < -0.3 is 0 Å². The third-order valence-electron chi connectivity index (χ3n) is 1.73. The molecule has 0 heterocycles. The van der Waals surface area contributed by atoms with Gasteiger partial charge >= 0.3 is 0 Å². The first-order chi connectivity index (χ1) is 5.39. The van der Waals surface area contributed by atoms with Crippen LogP contribution in [0.1, 0.15) is 26.3 Å². The molecule has 0 unspecified atom stereocenters. The molecule has 0 radical (unpaired) electrons. The van der Waals surface area contributed by atoms with Crippen LogP contribution in [0.25, 0.3) is 0 Å². The van der Waals surface area contributed by atoms with E-state index in [4.69, 9.17) is 0 Å². The third kappa shape index (κ3) is 2.73. The summed E-state index contributed by atoms with van der Waals surface area (Å²) in [5.41, 5.74) is 1.62. The molecule has 1 aromatic carbocycles. The van der Waals surface area contributed by atoms with Crippen LogP contribution in [0.4, 0.5) is 0 Å². The van der Waals surface area contributed by atoms with Gasteiger partial charge in [-0.2, -0.15) is 0 Å². The maximum absolute atomic E-state index is 3.50. The fourth-order valence-corrected chi connectivity index (χ4v) is 2.58. The Morgan fingerprint density at radius 2 is 1.75 bits per heavy atom. The lowest BCUT2D eigenvalue weighted by Gasteiger charge is -2.19. The molecule has 2 heteroatoms. The fraction of sp³-hybridized carbons (Fsp3) is 0.400. The van der Waals surface area contributed by atoms with E-state index in [0.717, 1.165) is 0 Å². The monoisotopic (exact) mass is 338 g/mol. The Labute approximate surface area is 96.0 Å². The molecule has 0 spiro atoms. The van der Waals surface area contributed by atoms with Gasteiger partial charge in [-0.3, -0.25) is 0 Å². The van der Waals surface area contributed by atoms with Gasteiger partial charge in [0, 0.05) is 8.04 Å². The second-order valence-corrected chi connectivity index (χ2v) is 6.07. The van der Waals surface area contributed by atoms with E-state index >= 15 is 0 Å². The molecule has 1 rings (SSSR count). The molecule has 0 fully saturated rings. The SMILES string of the molecule is CC(C)(C)c1cc(Br)cc(I)c1. The van der Waals surface area contributed by atoms with E-state index in [1.165, 1.54) is 13.6 Å². The fourth-order valence-electron chi connectivity index (χ4n) is 0.987. The summed E-state index contributed by atoms with van der Waals surface area (Å²) in [7, 11) is 0. The molecule has 0 saturated carbocycles. The van der Waals surface area contributed by atoms with E-state index in [2.05, 4.69) is 77.5 Å². The van der Waals surface area contributed by atoms with Crippen molar-refractivity contribution in [2.45, 2.75) is 26.2 Å². The maximum Gasteiger partial charge on any atom is 0.0188 e. The van der Waals surface area contributed by atoms with Gasteiger partial charge in [0.25, 0.3) is 0 Å². The summed E-state index contributed by atoms with van der Waals surface area (Å²) in [6.07, 6.45) is 0. The van der Waals surface area contributed by atoms with E-state index in [1.807, 2.05) is 0 Å². The lowest BCUT2D eigenvalue weighted by Crippen LogP contribution is -2.11. The Kier molecular flexibility index (Phi) is 3.21. The zero-order chi connectivity index (χ0) is 9.35. The Hall–Kier alpha value is 0.430. The van der Waals surface area contributed by atoms with Crippen molar-refractivity contribution in [2.24, 2.45) is 0 Å². The molecule has 0 saturated heterocycles. The predicted octanol–water partition coefficient (Wildman–Crippen LogP) is 4.35. The highest BCUT2D eigenvalue weighted by Crippen LogP contribution is 2.27. The first-order valence-corrected chi connectivity index (χ1v) is 5.73. The molecular formula is C10H12BrI. The molecule has 0 bridgehead atoms. The topological polar surface area (TPSA) is 0 Å². The first-order valence-electron chi connectivity index (χ1n) is 3.86. The molecule has 0 aliphatic heterocycles. The zero-order valence-electron chi connectivity index (χ0n) is 7.49. The highest BCUT2D eigenvalue weighted by Gasteiger charge is 2.14. The van der Waals surface area contributed by atoms with Crippen molar-refractivity contribution >= 4 is 38.5 Å². The zero-order valence-corrected chi connectivity index (χ0v) is 11.2. The number of benzene rings is 1. The Morgan fingerprint density at radius 3 is 2.17 bits per heavy atom. The highest BCUT2D eigenvalue weighted by atomic mass is 127. The minimum Gasteiger partial charge on any atom is -0.0561 e. The molecule has 0 amide bonds. The summed E-state index contributed by atoms with van der Waals surface area (Å²) in [4.78, 5) is 0. The average Bonchev–Trinajstić information content (AvgIpc) is 1.82. The molecule has 0 atom stereocenters. The summed E-state index contributed by atoms with van der Waals surface area (Å²) in [5.74, 6) is 0. The van der Waals surface area contributed by atoms with Crippen LogP contribution in [0.15, 0.2) is 22.7 Å². The van der Waals surface area contributed by atoms with E-state index in [-0.39, 0.29) is 5.41 Å². The summed E-state index contributed by atoms with van der Waals surface area (Å²) in [5, 5.41) is 0. The number of rotatable bonds is 0. The molecule has 0 aromatic heterocycles. The van der Waals surface area contributed by atoms with Crippen LogP contribution in [-0.2, 0) is 5.41 Å². The van der Waals surface area contributed by atoms with Crippen molar-refractivity contribution < 1.29 is 0 Å². The molecule has 0 aliphatic rings. The van der Waals surface area contributed by atoms with Gasteiger partial charge in [0.1, 0.15) is 0 Å². The van der Waals surface area contributed by atoms with E-state index < -0.39 is 0 Å². The number of hydrogen-bond donors (Lipinski definition) is 0. The van der Waals surface area contributed by atoms with Crippen LogP contribution in [0, 0.1) is 3.57 Å². The largest absolute Gasteiger partial charge is 0.0561 e. The standard InChI is InChI=1S/C10H12BrI/c1-10(2,3)7-4-8(11)6-9(12)5-7/h4-6H,1-3H3. The van der Waals surface area contributed by atoms with Gasteiger partial charge in [-0.1, -0.05) is 36.7 Å². The van der Waals surface area contributed by atoms with Crippen molar-refractivity contribution in [1.82, 2.24) is 0 Å². The van der Waals surface area contributed by atoms with Crippen LogP contribution >= 0.6 is 38.5 Å². The Bertz CT molecular complexity index is 266. The second-order valence-electron chi connectivity index (χ2n) is 3.91. The quantitative estimate of drug-likeness (QED) is 0.617. The van der Waals surface area contributed by atoms with Crippen LogP contribution in [0.3, 0.4) is 0 Å². The molecule has 12 heavy (non-hydrogen) atoms. The van der Waals surface area contributed by atoms with E-state index in [9.17, 15) is 0 Å².